The van der Waals surface area contributed by atoms with Crippen LogP contribution in [0.15, 0.2) is 67.1 Å². The summed E-state index contributed by atoms with van der Waals surface area (Å²) in [7, 11) is 0. The summed E-state index contributed by atoms with van der Waals surface area (Å²) in [6.07, 6.45) is 6.12. The van der Waals surface area contributed by atoms with E-state index in [1.54, 1.807) is 12.4 Å². The molecule has 0 saturated carbocycles. The van der Waals surface area contributed by atoms with Crippen LogP contribution in [0.4, 0.5) is 0 Å². The van der Waals surface area contributed by atoms with Crippen LogP contribution in [-0.4, -0.2) is 22.4 Å². The number of pyridine rings is 1. The van der Waals surface area contributed by atoms with Crippen LogP contribution < -0.4 is 5.32 Å². The summed E-state index contributed by atoms with van der Waals surface area (Å²) >= 11 is 12.2. The van der Waals surface area contributed by atoms with Crippen molar-refractivity contribution in [3.63, 3.8) is 0 Å². The van der Waals surface area contributed by atoms with Gasteiger partial charge in [0.15, 0.2) is 0 Å². The number of nitrogens with zero attached hydrogens (tertiary/aromatic N) is 1. The molecule has 140 valence electrons. The smallest absolute Gasteiger partial charge is 0.251 e. The maximum atomic E-state index is 12.4. The molecule has 4 aromatic rings. The lowest BCUT2D eigenvalue weighted by molar-refractivity contribution is 0.0954. The summed E-state index contributed by atoms with van der Waals surface area (Å²) in [4.78, 5) is 19.6. The lowest BCUT2D eigenvalue weighted by Gasteiger charge is -2.07. The van der Waals surface area contributed by atoms with Crippen molar-refractivity contribution in [2.75, 3.05) is 6.54 Å². The predicted octanol–water partition coefficient (Wildman–Crippen LogP) is 5.51. The zero-order valence-electron chi connectivity index (χ0n) is 14.9. The van der Waals surface area contributed by atoms with Crippen LogP contribution in [0.3, 0.4) is 0 Å². The van der Waals surface area contributed by atoms with E-state index in [1.165, 1.54) is 0 Å². The summed E-state index contributed by atoms with van der Waals surface area (Å²) in [6.45, 7) is 0.526. The van der Waals surface area contributed by atoms with E-state index >= 15 is 0 Å². The van der Waals surface area contributed by atoms with Gasteiger partial charge in [-0.2, -0.15) is 0 Å². The number of hydrogen-bond acceptors (Lipinski definition) is 2. The minimum absolute atomic E-state index is 0.0952. The molecule has 0 radical (unpaired) electrons. The zero-order chi connectivity index (χ0) is 19.5. The molecule has 6 heteroatoms. The van der Waals surface area contributed by atoms with Crippen LogP contribution in [-0.2, 0) is 6.42 Å². The first-order valence-electron chi connectivity index (χ1n) is 8.85. The van der Waals surface area contributed by atoms with Gasteiger partial charge in [0.1, 0.15) is 0 Å². The van der Waals surface area contributed by atoms with Crippen molar-refractivity contribution in [2.24, 2.45) is 0 Å². The monoisotopic (exact) mass is 409 g/mol. The van der Waals surface area contributed by atoms with Crippen molar-refractivity contribution in [2.45, 2.75) is 6.42 Å². The quantitative estimate of drug-likeness (QED) is 0.456. The minimum Gasteiger partial charge on any atom is -0.361 e. The number of halogens is 2. The Morgan fingerprint density at radius 2 is 1.64 bits per heavy atom. The Kier molecular flexibility index (Phi) is 5.33. The van der Waals surface area contributed by atoms with Gasteiger partial charge in [0.25, 0.3) is 5.91 Å². The van der Waals surface area contributed by atoms with E-state index in [0.717, 1.165) is 27.6 Å². The Labute approximate surface area is 172 Å². The fourth-order valence-corrected chi connectivity index (χ4v) is 3.48. The number of rotatable bonds is 5. The van der Waals surface area contributed by atoms with E-state index < -0.39 is 0 Å². The molecule has 1 amide bonds. The summed E-state index contributed by atoms with van der Waals surface area (Å²) in [5.41, 5.74) is 4.77. The van der Waals surface area contributed by atoms with Gasteiger partial charge < -0.3 is 10.3 Å². The highest BCUT2D eigenvalue weighted by Gasteiger charge is 2.09. The molecule has 0 fully saturated rings. The zero-order valence-corrected chi connectivity index (χ0v) is 16.4. The fourth-order valence-electron chi connectivity index (χ4n) is 3.15. The molecule has 2 aromatic heterocycles. The van der Waals surface area contributed by atoms with Crippen LogP contribution in [0.1, 0.15) is 15.9 Å². The predicted molar refractivity (Wildman–Crippen MR) is 114 cm³/mol. The lowest BCUT2D eigenvalue weighted by atomic mass is 10.0. The number of aromatic amines is 1. The molecule has 0 bridgehead atoms. The molecule has 4 rings (SSSR count). The lowest BCUT2D eigenvalue weighted by Crippen LogP contribution is -2.25. The Hall–Kier alpha value is -2.82. The van der Waals surface area contributed by atoms with Gasteiger partial charge in [-0.1, -0.05) is 35.3 Å². The van der Waals surface area contributed by atoms with E-state index in [0.29, 0.717) is 28.6 Å². The van der Waals surface area contributed by atoms with Crippen molar-refractivity contribution < 1.29 is 4.79 Å². The molecule has 28 heavy (non-hydrogen) atoms. The average molecular weight is 410 g/mol. The van der Waals surface area contributed by atoms with Gasteiger partial charge in [-0.15, -0.1) is 0 Å². The number of benzene rings is 2. The van der Waals surface area contributed by atoms with Crippen LogP contribution in [0, 0.1) is 0 Å². The molecule has 0 aliphatic carbocycles. The van der Waals surface area contributed by atoms with Crippen molar-refractivity contribution >= 4 is 40.0 Å². The second-order valence-corrected chi connectivity index (χ2v) is 7.26. The van der Waals surface area contributed by atoms with Gasteiger partial charge in [-0.05, 0) is 59.5 Å². The molecule has 0 saturated heterocycles. The standard InChI is InChI=1S/C22H17Cl2N3O/c23-19-11-18-17(13-27-21(18)12-20(19)24)7-10-26-22(28)16-3-1-14(2-4-16)15-5-8-25-9-6-15/h1-6,8-9,11-13,27H,7,10H2,(H,26,28). The first-order valence-corrected chi connectivity index (χ1v) is 9.61. The third kappa shape index (κ3) is 3.88. The Balaban J connectivity index is 1.39. The molecule has 0 atom stereocenters. The van der Waals surface area contributed by atoms with Gasteiger partial charge in [0.2, 0.25) is 0 Å². The highest BCUT2D eigenvalue weighted by Crippen LogP contribution is 2.29. The van der Waals surface area contributed by atoms with Crippen LogP contribution in [0.5, 0.6) is 0 Å². The Morgan fingerprint density at radius 3 is 2.39 bits per heavy atom. The maximum absolute atomic E-state index is 12.4. The highest BCUT2D eigenvalue weighted by molar-refractivity contribution is 6.42. The largest absolute Gasteiger partial charge is 0.361 e. The Morgan fingerprint density at radius 1 is 0.964 bits per heavy atom. The molecular weight excluding hydrogens is 393 g/mol. The van der Waals surface area contributed by atoms with E-state index in [4.69, 9.17) is 23.2 Å². The fraction of sp³-hybridized carbons (Fsp3) is 0.0909. The number of hydrogen-bond donors (Lipinski definition) is 2. The molecule has 0 spiro atoms. The summed E-state index contributed by atoms with van der Waals surface area (Å²) in [5, 5.41) is 5.03. The summed E-state index contributed by atoms with van der Waals surface area (Å²) in [5.74, 6) is -0.0952. The van der Waals surface area contributed by atoms with Crippen LogP contribution in [0.25, 0.3) is 22.0 Å². The van der Waals surface area contributed by atoms with E-state index in [9.17, 15) is 4.79 Å². The molecule has 2 N–H and O–H groups in total. The summed E-state index contributed by atoms with van der Waals surface area (Å²) in [6, 6.07) is 15.1. The van der Waals surface area contributed by atoms with Crippen LogP contribution in [0.2, 0.25) is 10.0 Å². The first-order chi connectivity index (χ1) is 13.6. The molecule has 0 aliphatic rings. The van der Waals surface area contributed by atoms with Gasteiger partial charge in [0.05, 0.1) is 10.0 Å². The second kappa shape index (κ2) is 8.05. The SMILES string of the molecule is O=C(NCCc1c[nH]c2cc(Cl)c(Cl)cc12)c1ccc(-c2ccncc2)cc1. The molecule has 2 heterocycles. The van der Waals surface area contributed by atoms with Crippen molar-refractivity contribution in [1.82, 2.24) is 15.3 Å². The average Bonchev–Trinajstić information content (AvgIpc) is 3.10. The number of carbonyl (C=O) groups is 1. The topological polar surface area (TPSA) is 57.8 Å². The molecule has 4 nitrogen and oxygen atoms in total. The van der Waals surface area contributed by atoms with Crippen LogP contribution >= 0.6 is 23.2 Å². The number of carbonyl (C=O) groups excluding carboxylic acids is 1. The third-order valence-corrected chi connectivity index (χ3v) is 5.37. The van der Waals surface area contributed by atoms with E-state index in [2.05, 4.69) is 15.3 Å². The van der Waals surface area contributed by atoms with Gasteiger partial charge >= 0.3 is 0 Å². The number of nitrogens with one attached hydrogen (secondary N) is 2. The molecule has 2 aromatic carbocycles. The third-order valence-electron chi connectivity index (χ3n) is 4.65. The second-order valence-electron chi connectivity index (χ2n) is 6.44. The summed E-state index contributed by atoms with van der Waals surface area (Å²) < 4.78 is 0. The number of fused-ring (bicyclic) bond motifs is 1. The van der Waals surface area contributed by atoms with Crippen molar-refractivity contribution in [3.8, 4) is 11.1 Å². The number of aromatic nitrogens is 2. The normalized spacial score (nSPS) is 10.9. The molecular formula is C22H17Cl2N3O. The first kappa shape index (κ1) is 18.5. The van der Waals surface area contributed by atoms with Gasteiger partial charge in [-0.25, -0.2) is 0 Å². The Bertz CT molecular complexity index is 1120. The van der Waals surface area contributed by atoms with E-state index in [-0.39, 0.29) is 5.91 Å². The van der Waals surface area contributed by atoms with Gasteiger partial charge in [0, 0.05) is 41.6 Å². The minimum atomic E-state index is -0.0952. The van der Waals surface area contributed by atoms with E-state index in [1.807, 2.05) is 54.7 Å². The molecule has 0 unspecified atom stereocenters. The number of amides is 1. The molecule has 0 aliphatic heterocycles. The van der Waals surface area contributed by atoms with Gasteiger partial charge in [-0.3, -0.25) is 9.78 Å². The van der Waals surface area contributed by atoms with Crippen molar-refractivity contribution in [3.05, 3.63) is 88.3 Å². The highest BCUT2D eigenvalue weighted by atomic mass is 35.5. The number of H-pyrrole nitrogens is 1. The maximum Gasteiger partial charge on any atom is 0.251 e. The van der Waals surface area contributed by atoms with Crippen molar-refractivity contribution in [1.29, 1.82) is 0 Å².